The molecule has 8 aliphatic rings. The van der Waals surface area contributed by atoms with Crippen LogP contribution in [0, 0.1) is 29.6 Å². The number of esters is 2. The Bertz CT molecular complexity index is 1160. The van der Waals surface area contributed by atoms with Gasteiger partial charge in [0.25, 0.3) is 0 Å². The summed E-state index contributed by atoms with van der Waals surface area (Å²) in [5.41, 5.74) is -2.34. The number of carbonyl (C=O) groups excluding carboxylic acids is 2. The van der Waals surface area contributed by atoms with Gasteiger partial charge in [-0.05, 0) is 100 Å². The van der Waals surface area contributed by atoms with Gasteiger partial charge in [-0.2, -0.15) is 17.2 Å². The highest BCUT2D eigenvalue weighted by Crippen LogP contribution is 2.63. The second-order valence-electron chi connectivity index (χ2n) is 13.9. The zero-order valence-corrected chi connectivity index (χ0v) is 24.1. The van der Waals surface area contributed by atoms with Gasteiger partial charge in [-0.25, -0.2) is 9.59 Å². The Kier molecular flexibility index (Phi) is 7.09. The van der Waals surface area contributed by atoms with Crippen molar-refractivity contribution in [3.63, 3.8) is 0 Å². The van der Waals surface area contributed by atoms with Crippen LogP contribution in [0.15, 0.2) is 0 Å². The molecule has 232 valence electrons. The molecule has 8 bridgehead atoms. The molecule has 0 radical (unpaired) electrons. The number of hydrogen-bond acceptors (Lipinski definition) is 9. The van der Waals surface area contributed by atoms with E-state index >= 15 is 0 Å². The zero-order valence-electron chi connectivity index (χ0n) is 23.3. The van der Waals surface area contributed by atoms with Crippen LogP contribution in [0.5, 0.6) is 0 Å². The predicted octanol–water partition coefficient (Wildman–Crippen LogP) is 3.40. The maximum Gasteiger partial charge on any atom is 0.465 e. The fraction of sp³-hybridized carbons (Fsp3) is 0.929. The van der Waals surface area contributed by atoms with Gasteiger partial charge in [0.1, 0.15) is 18.8 Å². The van der Waals surface area contributed by atoms with Gasteiger partial charge in [-0.3, -0.25) is 4.55 Å². The Balaban J connectivity index is 1.04. The van der Waals surface area contributed by atoms with Crippen molar-refractivity contribution in [2.45, 2.75) is 112 Å². The van der Waals surface area contributed by atoms with E-state index in [0.717, 1.165) is 51.4 Å². The van der Waals surface area contributed by atoms with E-state index in [4.69, 9.17) is 18.8 Å². The van der Waals surface area contributed by atoms with Crippen LogP contribution in [0.2, 0.25) is 0 Å². The van der Waals surface area contributed by atoms with Crippen molar-refractivity contribution in [1.29, 1.82) is 0 Å². The molecule has 0 aromatic heterocycles. The first kappa shape index (κ1) is 29.7. The van der Waals surface area contributed by atoms with Crippen LogP contribution in [0.4, 0.5) is 8.78 Å². The molecule has 0 saturated heterocycles. The van der Waals surface area contributed by atoms with Gasteiger partial charge >= 0.3 is 27.3 Å². The molecule has 8 saturated carbocycles. The van der Waals surface area contributed by atoms with Crippen LogP contribution in [-0.2, 0) is 38.7 Å². The minimum atomic E-state index is -5.93. The van der Waals surface area contributed by atoms with E-state index in [9.17, 15) is 31.9 Å². The summed E-state index contributed by atoms with van der Waals surface area (Å²) in [6, 6.07) is 0. The average Bonchev–Trinajstić information content (AvgIpc) is 2.84. The number of carbonyl (C=O) groups is 2. The van der Waals surface area contributed by atoms with Gasteiger partial charge < -0.3 is 24.1 Å². The molecule has 0 aromatic rings. The van der Waals surface area contributed by atoms with E-state index < -0.39 is 50.4 Å². The fourth-order valence-corrected chi connectivity index (χ4v) is 10.6. The number of ether oxygens (including phenoxy) is 4. The molecule has 0 spiro atoms. The van der Waals surface area contributed by atoms with Crippen molar-refractivity contribution in [1.82, 2.24) is 0 Å². The first-order valence-corrected chi connectivity index (χ1v) is 16.3. The second kappa shape index (κ2) is 9.80. The molecule has 13 heteroatoms. The molecular weight excluding hydrogens is 566 g/mol. The second-order valence-corrected chi connectivity index (χ2v) is 15.4. The number of aliphatic hydroxyl groups is 1. The van der Waals surface area contributed by atoms with Crippen LogP contribution in [0.1, 0.15) is 84.0 Å². The molecule has 0 heterocycles. The predicted molar refractivity (Wildman–Crippen MR) is 137 cm³/mol. The summed E-state index contributed by atoms with van der Waals surface area (Å²) in [6.07, 6.45) is 9.51. The van der Waals surface area contributed by atoms with Crippen LogP contribution in [0.25, 0.3) is 0 Å². The number of alkyl halides is 2. The van der Waals surface area contributed by atoms with E-state index in [2.05, 4.69) is 4.74 Å². The number of rotatable bonds is 11. The van der Waals surface area contributed by atoms with Gasteiger partial charge in [0, 0.05) is 6.42 Å². The van der Waals surface area contributed by atoms with E-state index in [1.807, 2.05) is 6.92 Å². The van der Waals surface area contributed by atoms with Crippen LogP contribution >= 0.6 is 0 Å². The monoisotopic (exact) mass is 606 g/mol. The van der Waals surface area contributed by atoms with Crippen LogP contribution < -0.4 is 0 Å². The average molecular weight is 607 g/mol. The molecule has 8 fully saturated rings. The maximum atomic E-state index is 13.5. The molecule has 10 nitrogen and oxygen atoms in total. The fourth-order valence-electron chi connectivity index (χ4n) is 10.4. The Hall–Kier alpha value is -1.41. The molecule has 0 amide bonds. The van der Waals surface area contributed by atoms with Crippen molar-refractivity contribution in [3.8, 4) is 0 Å². The highest BCUT2D eigenvalue weighted by atomic mass is 32.2. The third-order valence-corrected chi connectivity index (χ3v) is 11.9. The topological polar surface area (TPSA) is 146 Å². The molecule has 0 aromatic carbocycles. The van der Waals surface area contributed by atoms with Crippen LogP contribution in [0.3, 0.4) is 0 Å². The highest BCUT2D eigenvalue weighted by molar-refractivity contribution is 7.87. The maximum absolute atomic E-state index is 13.5. The summed E-state index contributed by atoms with van der Waals surface area (Å²) in [7, 11) is -5.93. The van der Waals surface area contributed by atoms with Gasteiger partial charge in [-0.15, -0.1) is 0 Å². The summed E-state index contributed by atoms with van der Waals surface area (Å²) in [5, 5.41) is 5.94. The minimum Gasteiger partial charge on any atom is -0.458 e. The Morgan fingerprint density at radius 3 is 2.05 bits per heavy atom. The lowest BCUT2D eigenvalue weighted by Crippen LogP contribution is -2.65. The van der Waals surface area contributed by atoms with Gasteiger partial charge in [0.05, 0.1) is 23.4 Å². The minimum absolute atomic E-state index is 0.0992. The third-order valence-electron chi connectivity index (χ3n) is 11.1. The van der Waals surface area contributed by atoms with Crippen molar-refractivity contribution >= 4 is 22.1 Å². The van der Waals surface area contributed by atoms with Gasteiger partial charge in [0.2, 0.25) is 0 Å². The van der Waals surface area contributed by atoms with Gasteiger partial charge in [-0.1, -0.05) is 6.92 Å². The largest absolute Gasteiger partial charge is 0.465 e. The van der Waals surface area contributed by atoms with Crippen molar-refractivity contribution in [2.24, 2.45) is 29.6 Å². The lowest BCUT2D eigenvalue weighted by atomic mass is 9.47. The normalized spacial score (nSPS) is 44.3. The third kappa shape index (κ3) is 5.11. The van der Waals surface area contributed by atoms with Crippen molar-refractivity contribution < 1.29 is 55.4 Å². The molecule has 8 rings (SSSR count). The Morgan fingerprint density at radius 1 is 0.878 bits per heavy atom. The summed E-state index contributed by atoms with van der Waals surface area (Å²) in [4.78, 5) is 24.6. The molecule has 4 unspecified atom stereocenters. The standard InChI is InChI=1S/C28H40F2O10S/c1-2-27(38-4-3-37-23(32)28(29,30)41(34,35)36)20-6-17-7-21(27)14-25(10-17,13-20)39-15-22(31)40-26-11-18-5-19(12-26)9-24(33,8-18)16-26/h17-21,33H,2-16H2,1H3,(H,34,35,36). The van der Waals surface area contributed by atoms with E-state index in [1.54, 1.807) is 0 Å². The molecule has 2 N–H and O–H groups in total. The molecule has 41 heavy (non-hydrogen) atoms. The SMILES string of the molecule is CCC1(OCCOC(=O)C(F)(F)S(=O)(=O)O)C2CC3CC1CC(OCC(=O)OC14CC5CC(CC(O)(C5)C1)C4)(C3)C2. The van der Waals surface area contributed by atoms with Crippen molar-refractivity contribution in [2.75, 3.05) is 19.8 Å². The van der Waals surface area contributed by atoms with E-state index in [0.29, 0.717) is 43.4 Å². The van der Waals surface area contributed by atoms with E-state index in [1.165, 1.54) is 0 Å². The lowest BCUT2D eigenvalue weighted by molar-refractivity contribution is -0.264. The highest BCUT2D eigenvalue weighted by Gasteiger charge is 2.63. The molecule has 8 aliphatic carbocycles. The van der Waals surface area contributed by atoms with Crippen molar-refractivity contribution in [3.05, 3.63) is 0 Å². The first-order valence-electron chi connectivity index (χ1n) is 14.8. The smallest absolute Gasteiger partial charge is 0.458 e. The summed E-state index contributed by atoms with van der Waals surface area (Å²) >= 11 is 0. The van der Waals surface area contributed by atoms with Gasteiger partial charge in [0.15, 0.2) is 0 Å². The lowest BCUT2D eigenvalue weighted by Gasteiger charge is -2.64. The zero-order chi connectivity index (χ0) is 29.5. The quantitative estimate of drug-likeness (QED) is 0.204. The molecule has 0 aliphatic heterocycles. The van der Waals surface area contributed by atoms with E-state index in [-0.39, 0.29) is 31.0 Å². The molecular formula is C28H40F2O10S. The number of halogens is 2. The first-order chi connectivity index (χ1) is 19.1. The Labute approximate surface area is 238 Å². The molecule has 4 atom stereocenters. The number of hydrogen-bond donors (Lipinski definition) is 2. The summed E-state index contributed by atoms with van der Waals surface area (Å²) in [6.45, 7) is 1.07. The summed E-state index contributed by atoms with van der Waals surface area (Å²) in [5.74, 6) is -1.31. The summed E-state index contributed by atoms with van der Waals surface area (Å²) < 4.78 is 80.2. The van der Waals surface area contributed by atoms with Crippen LogP contribution in [-0.4, -0.2) is 77.5 Å². The Morgan fingerprint density at radius 2 is 1.49 bits per heavy atom.